The van der Waals surface area contributed by atoms with Crippen LogP contribution in [0.3, 0.4) is 0 Å². The molecule has 2 aromatic rings. The van der Waals surface area contributed by atoms with Crippen molar-refractivity contribution in [2.75, 3.05) is 4.90 Å². The second kappa shape index (κ2) is 3.78. The first-order chi connectivity index (χ1) is 7.36. The number of nitrogens with zero attached hydrogens (tertiary/aromatic N) is 1. The number of hydrogen-bond donors (Lipinski definition) is 0. The van der Waals surface area contributed by atoms with E-state index in [1.165, 1.54) is 4.90 Å². The van der Waals surface area contributed by atoms with Crippen molar-refractivity contribution in [1.82, 2.24) is 0 Å². The van der Waals surface area contributed by atoms with E-state index in [1.54, 1.807) is 0 Å². The summed E-state index contributed by atoms with van der Waals surface area (Å²) in [6.07, 6.45) is 10.7. The van der Waals surface area contributed by atoms with E-state index in [-0.39, 0.29) is 0 Å². The fraction of sp³-hybridized carbons (Fsp3) is 0. The molecule has 0 radical (unpaired) electrons. The third-order valence-electron chi connectivity index (χ3n) is 2.27. The maximum Gasteiger partial charge on any atom is 0.0714 e. The van der Waals surface area contributed by atoms with Crippen LogP contribution >= 0.6 is 0 Å². The number of benzene rings is 2. The van der Waals surface area contributed by atoms with Crippen LogP contribution in [-0.4, -0.2) is 0 Å². The molecular formula is C14H9N. The molecule has 70 valence electrons. The zero-order valence-electron chi connectivity index (χ0n) is 8.14. The number of anilines is 1. The zero-order valence-corrected chi connectivity index (χ0v) is 8.14. The lowest BCUT2D eigenvalue weighted by atomic mass is 10.1. The van der Waals surface area contributed by atoms with Gasteiger partial charge in [-0.1, -0.05) is 49.2 Å². The van der Waals surface area contributed by atoms with Crippen LogP contribution in [0.4, 0.5) is 5.69 Å². The summed E-state index contributed by atoms with van der Waals surface area (Å²) in [7, 11) is 0. The summed E-state index contributed by atoms with van der Waals surface area (Å²) in [6, 6.07) is 18.8. The van der Waals surface area contributed by atoms with E-state index < -0.39 is 0 Å². The summed E-state index contributed by atoms with van der Waals surface area (Å²) in [5.41, 5.74) is 0.873. The van der Waals surface area contributed by atoms with E-state index >= 15 is 0 Å². The van der Waals surface area contributed by atoms with Crippen LogP contribution in [0.2, 0.25) is 0 Å². The number of hydrogen-bond acceptors (Lipinski definition) is 1. The highest BCUT2D eigenvalue weighted by Gasteiger charge is 2.04. The van der Waals surface area contributed by atoms with Crippen molar-refractivity contribution in [1.29, 1.82) is 0 Å². The average Bonchev–Trinajstić information content (AvgIpc) is 2.31. The maximum atomic E-state index is 5.34. The van der Waals surface area contributed by atoms with E-state index in [9.17, 15) is 0 Å². The van der Waals surface area contributed by atoms with Gasteiger partial charge in [0, 0.05) is 17.5 Å². The minimum atomic E-state index is 0.873. The van der Waals surface area contributed by atoms with Crippen molar-refractivity contribution in [2.45, 2.75) is 0 Å². The minimum absolute atomic E-state index is 0.873. The molecule has 2 aromatic carbocycles. The topological polar surface area (TPSA) is 3.24 Å². The van der Waals surface area contributed by atoms with Gasteiger partial charge in [-0.25, -0.2) is 4.90 Å². The monoisotopic (exact) mass is 191 g/mol. The predicted molar refractivity (Wildman–Crippen MR) is 64.1 cm³/mol. The third-order valence-corrected chi connectivity index (χ3v) is 2.27. The van der Waals surface area contributed by atoms with Crippen molar-refractivity contribution in [2.24, 2.45) is 0 Å². The van der Waals surface area contributed by atoms with E-state index in [1.807, 2.05) is 42.5 Å². The molecule has 2 rings (SSSR count). The molecule has 0 atom stereocenters. The molecule has 0 amide bonds. The van der Waals surface area contributed by atoms with Gasteiger partial charge in [0.1, 0.15) is 0 Å². The molecule has 1 heteroatoms. The van der Waals surface area contributed by atoms with Crippen molar-refractivity contribution < 1.29 is 0 Å². The molecule has 0 fully saturated rings. The van der Waals surface area contributed by atoms with Crippen molar-refractivity contribution in [3.63, 3.8) is 0 Å². The van der Waals surface area contributed by atoms with Crippen LogP contribution in [0.15, 0.2) is 42.5 Å². The van der Waals surface area contributed by atoms with Gasteiger partial charge in [0.2, 0.25) is 0 Å². The molecule has 0 bridgehead atoms. The smallest absolute Gasteiger partial charge is 0.0714 e. The Morgan fingerprint density at radius 3 is 2.27 bits per heavy atom. The molecule has 0 aromatic heterocycles. The first-order valence-electron chi connectivity index (χ1n) is 4.57. The Balaban J connectivity index is 2.73. The van der Waals surface area contributed by atoms with Gasteiger partial charge >= 0.3 is 0 Å². The predicted octanol–water partition coefficient (Wildman–Crippen LogP) is 2.83. The molecule has 0 saturated heterocycles. The van der Waals surface area contributed by atoms with Crippen LogP contribution in [-0.2, 0) is 0 Å². The highest BCUT2D eigenvalue weighted by Crippen LogP contribution is 2.25. The molecule has 0 spiro atoms. The minimum Gasteiger partial charge on any atom is -0.227 e. The molecule has 0 heterocycles. The lowest BCUT2D eigenvalue weighted by molar-refractivity contribution is 1.42. The van der Waals surface area contributed by atoms with E-state index in [4.69, 9.17) is 12.8 Å². The fourth-order valence-corrected chi connectivity index (χ4v) is 1.58. The lowest BCUT2D eigenvalue weighted by Crippen LogP contribution is -2.07. The Hall–Kier alpha value is -2.38. The van der Waals surface area contributed by atoms with Gasteiger partial charge in [0.15, 0.2) is 0 Å². The van der Waals surface area contributed by atoms with E-state index in [0.29, 0.717) is 0 Å². The standard InChI is InChI=1S/C14H9N/c1-3-15(4-2)14-11-7-9-12-8-5-6-10-13(12)14/h1-2,5-11H. The third kappa shape index (κ3) is 1.52. The molecular weight excluding hydrogens is 182 g/mol. The maximum absolute atomic E-state index is 5.34. The van der Waals surface area contributed by atoms with Crippen LogP contribution in [0, 0.1) is 24.9 Å². The Labute approximate surface area is 89.3 Å². The van der Waals surface area contributed by atoms with Crippen molar-refractivity contribution >= 4 is 16.5 Å². The Morgan fingerprint density at radius 1 is 0.867 bits per heavy atom. The molecule has 15 heavy (non-hydrogen) atoms. The van der Waals surface area contributed by atoms with Crippen molar-refractivity contribution in [3.8, 4) is 24.9 Å². The SMILES string of the molecule is C#CN(C#C)c1cccc2ccccc12. The fourth-order valence-electron chi connectivity index (χ4n) is 1.58. The zero-order chi connectivity index (χ0) is 10.7. The first kappa shape index (κ1) is 9.19. The van der Waals surface area contributed by atoms with Crippen LogP contribution < -0.4 is 4.90 Å². The van der Waals surface area contributed by atoms with Crippen LogP contribution in [0.25, 0.3) is 10.8 Å². The Morgan fingerprint density at radius 2 is 1.53 bits per heavy atom. The summed E-state index contributed by atoms with van der Waals surface area (Å²) in [5, 5.41) is 2.20. The molecule has 0 aliphatic rings. The molecule has 0 saturated carbocycles. The van der Waals surface area contributed by atoms with Gasteiger partial charge in [-0.15, -0.1) is 0 Å². The van der Waals surface area contributed by atoms with Crippen molar-refractivity contribution in [3.05, 3.63) is 42.5 Å². The summed E-state index contributed by atoms with van der Waals surface area (Å²) < 4.78 is 0. The molecule has 0 unspecified atom stereocenters. The Bertz CT molecular complexity index is 550. The van der Waals surface area contributed by atoms with E-state index in [0.717, 1.165) is 16.5 Å². The Kier molecular flexibility index (Phi) is 2.31. The van der Waals surface area contributed by atoms with Gasteiger partial charge in [0.25, 0.3) is 0 Å². The van der Waals surface area contributed by atoms with Gasteiger partial charge in [0.05, 0.1) is 5.69 Å². The van der Waals surface area contributed by atoms with Gasteiger partial charge < -0.3 is 0 Å². The lowest BCUT2D eigenvalue weighted by Gasteiger charge is -2.11. The van der Waals surface area contributed by atoms with Gasteiger partial charge in [-0.2, -0.15) is 0 Å². The average molecular weight is 191 g/mol. The van der Waals surface area contributed by atoms with Gasteiger partial charge in [-0.05, 0) is 11.5 Å². The summed E-state index contributed by atoms with van der Waals surface area (Å²) >= 11 is 0. The first-order valence-corrected chi connectivity index (χ1v) is 4.57. The molecule has 0 aliphatic carbocycles. The van der Waals surface area contributed by atoms with Gasteiger partial charge in [-0.3, -0.25) is 0 Å². The molecule has 1 nitrogen and oxygen atoms in total. The highest BCUT2D eigenvalue weighted by molar-refractivity contribution is 5.95. The molecule has 0 aliphatic heterocycles. The van der Waals surface area contributed by atoms with Crippen LogP contribution in [0.5, 0.6) is 0 Å². The normalized spacial score (nSPS) is 9.20. The number of terminal acetylenes is 2. The second-order valence-electron chi connectivity index (χ2n) is 3.09. The highest BCUT2D eigenvalue weighted by atomic mass is 15.1. The van der Waals surface area contributed by atoms with Crippen LogP contribution in [0.1, 0.15) is 0 Å². The summed E-state index contributed by atoms with van der Waals surface area (Å²) in [4.78, 5) is 1.45. The van der Waals surface area contributed by atoms with E-state index in [2.05, 4.69) is 12.1 Å². The number of fused-ring (bicyclic) bond motifs is 1. The largest absolute Gasteiger partial charge is 0.227 e. The molecule has 0 N–H and O–H groups in total. The summed E-state index contributed by atoms with van der Waals surface area (Å²) in [5.74, 6) is 0. The quantitative estimate of drug-likeness (QED) is 0.495. The summed E-state index contributed by atoms with van der Waals surface area (Å²) in [6.45, 7) is 0. The number of rotatable bonds is 1. The second-order valence-corrected chi connectivity index (χ2v) is 3.09.